The van der Waals surface area contributed by atoms with Gasteiger partial charge in [0.1, 0.15) is 5.60 Å². The van der Waals surface area contributed by atoms with E-state index in [1.54, 1.807) is 12.1 Å². The Morgan fingerprint density at radius 1 is 1.47 bits per heavy atom. The van der Waals surface area contributed by atoms with Crippen molar-refractivity contribution < 1.29 is 9.53 Å². The van der Waals surface area contributed by atoms with E-state index < -0.39 is 11.7 Å². The summed E-state index contributed by atoms with van der Waals surface area (Å²) in [7, 11) is 0. The third-order valence-corrected chi connectivity index (χ3v) is 3.15. The zero-order chi connectivity index (χ0) is 14.6. The molecule has 19 heavy (non-hydrogen) atoms. The maximum Gasteiger partial charge on any atom is 0.412 e. The molecule has 0 aliphatic rings. The van der Waals surface area contributed by atoms with E-state index >= 15 is 0 Å². The summed E-state index contributed by atoms with van der Waals surface area (Å²) in [5.74, 6) is 0. The molecule has 0 aliphatic carbocycles. The number of amides is 1. The summed E-state index contributed by atoms with van der Waals surface area (Å²) >= 11 is 9.48. The average molecular weight is 347 g/mol. The Hall–Kier alpha value is -1.00. The van der Waals surface area contributed by atoms with Gasteiger partial charge in [0, 0.05) is 11.0 Å². The summed E-state index contributed by atoms with van der Waals surface area (Å²) in [6.45, 7) is 9.32. The minimum atomic E-state index is -0.530. The lowest BCUT2D eigenvalue weighted by atomic mass is 10.1. The van der Waals surface area contributed by atoms with Gasteiger partial charge in [-0.3, -0.25) is 5.32 Å². The molecule has 3 nitrogen and oxygen atoms in total. The van der Waals surface area contributed by atoms with Gasteiger partial charge in [0.05, 0.1) is 5.02 Å². The molecule has 1 amide bonds. The van der Waals surface area contributed by atoms with Crippen LogP contribution in [0.4, 0.5) is 10.5 Å². The van der Waals surface area contributed by atoms with Crippen LogP contribution in [-0.4, -0.2) is 17.0 Å². The second kappa shape index (κ2) is 6.44. The van der Waals surface area contributed by atoms with Gasteiger partial charge in [0.2, 0.25) is 0 Å². The van der Waals surface area contributed by atoms with Crippen LogP contribution in [0, 0.1) is 0 Å². The van der Waals surface area contributed by atoms with Crippen molar-refractivity contribution in [3.8, 4) is 0 Å². The Bertz CT molecular complexity index is 495. The molecule has 104 valence electrons. The van der Waals surface area contributed by atoms with E-state index in [9.17, 15) is 4.79 Å². The summed E-state index contributed by atoms with van der Waals surface area (Å²) in [5.41, 5.74) is 1.80. The number of halogens is 2. The second-order valence-corrected chi connectivity index (χ2v) is 6.03. The predicted molar refractivity (Wildman–Crippen MR) is 84.1 cm³/mol. The largest absolute Gasteiger partial charge is 0.444 e. The zero-order valence-electron chi connectivity index (χ0n) is 11.2. The van der Waals surface area contributed by atoms with Crippen molar-refractivity contribution in [3.05, 3.63) is 35.4 Å². The van der Waals surface area contributed by atoms with Crippen LogP contribution < -0.4 is 5.32 Å². The highest BCUT2D eigenvalue weighted by Crippen LogP contribution is 2.27. The van der Waals surface area contributed by atoms with Crippen molar-refractivity contribution in [1.82, 2.24) is 0 Å². The Kier molecular flexibility index (Phi) is 5.44. The summed E-state index contributed by atoms with van der Waals surface area (Å²) in [5, 5.41) is 3.82. The first-order valence-corrected chi connectivity index (χ1v) is 7.26. The molecule has 5 heteroatoms. The molecule has 0 atom stereocenters. The van der Waals surface area contributed by atoms with Crippen molar-refractivity contribution in [3.63, 3.8) is 0 Å². The third kappa shape index (κ3) is 5.25. The quantitative estimate of drug-likeness (QED) is 0.774. The summed E-state index contributed by atoms with van der Waals surface area (Å²) in [6, 6.07) is 5.26. The van der Waals surface area contributed by atoms with Crippen LogP contribution in [0.5, 0.6) is 0 Å². The van der Waals surface area contributed by atoms with E-state index in [4.69, 9.17) is 16.3 Å². The molecule has 0 fully saturated rings. The van der Waals surface area contributed by atoms with E-state index in [1.165, 1.54) is 0 Å². The molecular weight excluding hydrogens is 330 g/mol. The number of rotatable bonds is 3. The molecule has 0 aromatic heterocycles. The Morgan fingerprint density at radius 3 is 2.58 bits per heavy atom. The standard InChI is InChI=1S/C14H17BrClNO2/c1-9(8-15)11-6-5-10(7-12(11)16)17-13(18)19-14(2,3)4/h5-7H,1,8H2,2-4H3,(H,17,18). The topological polar surface area (TPSA) is 38.3 Å². The Balaban J connectivity index is 2.79. The van der Waals surface area contributed by atoms with Crippen molar-refractivity contribution in [2.24, 2.45) is 0 Å². The van der Waals surface area contributed by atoms with E-state index in [0.29, 0.717) is 16.0 Å². The number of anilines is 1. The van der Waals surface area contributed by atoms with Crippen LogP contribution in [0.25, 0.3) is 5.57 Å². The smallest absolute Gasteiger partial charge is 0.412 e. The lowest BCUT2D eigenvalue weighted by Crippen LogP contribution is -2.27. The van der Waals surface area contributed by atoms with E-state index in [-0.39, 0.29) is 0 Å². The number of allylic oxidation sites excluding steroid dienone is 1. The molecule has 0 saturated carbocycles. The SMILES string of the molecule is C=C(CBr)c1ccc(NC(=O)OC(C)(C)C)cc1Cl. The first-order valence-electron chi connectivity index (χ1n) is 5.76. The summed E-state index contributed by atoms with van der Waals surface area (Å²) in [6.07, 6.45) is -0.504. The fourth-order valence-corrected chi connectivity index (χ4v) is 1.99. The first kappa shape index (κ1) is 16.1. The van der Waals surface area contributed by atoms with Gasteiger partial charge < -0.3 is 4.74 Å². The van der Waals surface area contributed by atoms with Gasteiger partial charge in [-0.15, -0.1) is 0 Å². The number of carbonyl (C=O) groups is 1. The minimum Gasteiger partial charge on any atom is -0.444 e. The first-order chi connectivity index (χ1) is 8.73. The van der Waals surface area contributed by atoms with E-state index in [1.807, 2.05) is 26.8 Å². The number of carbonyl (C=O) groups excluding carboxylic acids is 1. The fraction of sp³-hybridized carbons (Fsp3) is 0.357. The number of hydrogen-bond donors (Lipinski definition) is 1. The number of alkyl halides is 1. The highest BCUT2D eigenvalue weighted by molar-refractivity contribution is 9.09. The monoisotopic (exact) mass is 345 g/mol. The molecule has 0 saturated heterocycles. The third-order valence-electron chi connectivity index (χ3n) is 2.16. The summed E-state index contributed by atoms with van der Waals surface area (Å²) in [4.78, 5) is 11.6. The normalized spacial score (nSPS) is 11.0. The van der Waals surface area contributed by atoms with Gasteiger partial charge in [0.15, 0.2) is 0 Å². The van der Waals surface area contributed by atoms with E-state index in [0.717, 1.165) is 11.1 Å². The number of nitrogens with one attached hydrogen (secondary N) is 1. The van der Waals surface area contributed by atoms with Gasteiger partial charge in [0.25, 0.3) is 0 Å². The lowest BCUT2D eigenvalue weighted by Gasteiger charge is -2.19. The second-order valence-electron chi connectivity index (χ2n) is 5.06. The van der Waals surface area contributed by atoms with Gasteiger partial charge >= 0.3 is 6.09 Å². The molecule has 0 aliphatic heterocycles. The molecule has 1 rings (SSSR count). The van der Waals surface area contributed by atoms with Crippen molar-refractivity contribution >= 4 is 44.9 Å². The molecule has 0 unspecified atom stereocenters. The van der Waals surface area contributed by atoms with Crippen molar-refractivity contribution in [2.75, 3.05) is 10.6 Å². The maximum absolute atomic E-state index is 11.6. The lowest BCUT2D eigenvalue weighted by molar-refractivity contribution is 0.0636. The van der Waals surface area contributed by atoms with Crippen LogP contribution in [0.1, 0.15) is 26.3 Å². The van der Waals surface area contributed by atoms with Gasteiger partial charge in [-0.05, 0) is 44.0 Å². The van der Waals surface area contributed by atoms with Gasteiger partial charge in [-0.2, -0.15) is 0 Å². The molecule has 1 aromatic rings. The van der Waals surface area contributed by atoms with Crippen LogP contribution in [0.2, 0.25) is 5.02 Å². The van der Waals surface area contributed by atoms with Gasteiger partial charge in [-0.25, -0.2) is 4.79 Å². The molecular formula is C14H17BrClNO2. The van der Waals surface area contributed by atoms with Crippen LogP contribution in [0.3, 0.4) is 0 Å². The average Bonchev–Trinajstić information content (AvgIpc) is 2.25. The number of hydrogen-bond acceptors (Lipinski definition) is 2. The number of benzene rings is 1. The van der Waals surface area contributed by atoms with Crippen LogP contribution in [0.15, 0.2) is 24.8 Å². The number of ether oxygens (including phenoxy) is 1. The molecule has 1 aromatic carbocycles. The highest BCUT2D eigenvalue weighted by atomic mass is 79.9. The van der Waals surface area contributed by atoms with Gasteiger partial charge in [-0.1, -0.05) is 40.2 Å². The van der Waals surface area contributed by atoms with E-state index in [2.05, 4.69) is 27.8 Å². The minimum absolute atomic E-state index is 0.504. The predicted octanol–water partition coefficient (Wildman–Crippen LogP) is 5.10. The summed E-state index contributed by atoms with van der Waals surface area (Å²) < 4.78 is 5.16. The van der Waals surface area contributed by atoms with Crippen molar-refractivity contribution in [1.29, 1.82) is 0 Å². The molecule has 0 spiro atoms. The zero-order valence-corrected chi connectivity index (χ0v) is 13.6. The maximum atomic E-state index is 11.6. The molecule has 0 heterocycles. The van der Waals surface area contributed by atoms with Crippen LogP contribution in [-0.2, 0) is 4.74 Å². The van der Waals surface area contributed by atoms with Crippen LogP contribution >= 0.6 is 27.5 Å². The van der Waals surface area contributed by atoms with Crippen molar-refractivity contribution in [2.45, 2.75) is 26.4 Å². The molecule has 0 radical (unpaired) electrons. The Morgan fingerprint density at radius 2 is 2.11 bits per heavy atom. The highest BCUT2D eigenvalue weighted by Gasteiger charge is 2.16. The molecule has 0 bridgehead atoms. The fourth-order valence-electron chi connectivity index (χ4n) is 1.37. The molecule has 1 N–H and O–H groups in total. The Labute approximate surface area is 127 Å².